The van der Waals surface area contributed by atoms with Gasteiger partial charge in [0, 0.05) is 18.1 Å². The molecule has 166 valence electrons. The third-order valence-corrected chi connectivity index (χ3v) is 4.97. The molecule has 0 aliphatic rings. The van der Waals surface area contributed by atoms with Gasteiger partial charge >= 0.3 is 5.97 Å². The number of hydrogen-bond acceptors (Lipinski definition) is 6. The Morgan fingerprint density at radius 3 is 2.27 bits per heavy atom. The summed E-state index contributed by atoms with van der Waals surface area (Å²) in [5, 5.41) is 0.332. The minimum absolute atomic E-state index is 0.226. The first-order chi connectivity index (χ1) is 16.0. The predicted octanol–water partition coefficient (Wildman–Crippen LogP) is 3.45. The number of para-hydroxylation sites is 1. The standard InChI is InChI=1S/C25H21N3O5/c1-16(29)33-22(17-8-4-3-5-9-17)24(30)27-28-23(18-12-14-19(32-2)15-13-18)26-21-11-7-6-10-20(21)25(28)31/h3-15,22H,1-2H3,(H,27,30)/t22-/m1/s1. The number of carbonyl (C=O) groups is 2. The van der Waals surface area contributed by atoms with Crippen LogP contribution in [0.2, 0.25) is 0 Å². The number of nitrogens with one attached hydrogen (secondary N) is 1. The Balaban J connectivity index is 1.82. The van der Waals surface area contributed by atoms with E-state index in [-0.39, 0.29) is 5.82 Å². The van der Waals surface area contributed by atoms with E-state index in [2.05, 4.69) is 10.4 Å². The second-order valence-electron chi connectivity index (χ2n) is 7.20. The molecule has 0 saturated carbocycles. The molecule has 0 bridgehead atoms. The lowest BCUT2D eigenvalue weighted by Gasteiger charge is -2.20. The van der Waals surface area contributed by atoms with Crippen LogP contribution in [0.5, 0.6) is 5.75 Å². The van der Waals surface area contributed by atoms with Crippen LogP contribution in [0.1, 0.15) is 18.6 Å². The predicted molar refractivity (Wildman–Crippen MR) is 123 cm³/mol. The van der Waals surface area contributed by atoms with Gasteiger partial charge in [0.1, 0.15) is 5.75 Å². The van der Waals surface area contributed by atoms with Crippen molar-refractivity contribution in [1.29, 1.82) is 0 Å². The molecule has 1 atom stereocenters. The zero-order chi connectivity index (χ0) is 23.4. The number of methoxy groups -OCH3 is 1. The van der Waals surface area contributed by atoms with Gasteiger partial charge in [-0.3, -0.25) is 19.8 Å². The first kappa shape index (κ1) is 21.8. The number of ether oxygens (including phenoxy) is 2. The molecule has 4 aromatic rings. The van der Waals surface area contributed by atoms with Crippen molar-refractivity contribution in [3.8, 4) is 17.1 Å². The van der Waals surface area contributed by atoms with Crippen LogP contribution in [-0.2, 0) is 14.3 Å². The zero-order valence-electron chi connectivity index (χ0n) is 18.0. The first-order valence-electron chi connectivity index (χ1n) is 10.2. The molecule has 33 heavy (non-hydrogen) atoms. The minimum atomic E-state index is -1.24. The molecule has 0 saturated heterocycles. The first-order valence-corrected chi connectivity index (χ1v) is 10.2. The third-order valence-electron chi connectivity index (χ3n) is 4.97. The van der Waals surface area contributed by atoms with Gasteiger partial charge in [-0.15, -0.1) is 0 Å². The number of aromatic nitrogens is 2. The van der Waals surface area contributed by atoms with E-state index in [1.165, 1.54) is 6.92 Å². The maximum Gasteiger partial charge on any atom is 0.303 e. The van der Waals surface area contributed by atoms with Crippen molar-refractivity contribution in [3.05, 3.63) is 94.8 Å². The van der Waals surface area contributed by atoms with E-state index in [0.717, 1.165) is 4.68 Å². The molecule has 0 aliphatic heterocycles. The molecule has 1 N–H and O–H groups in total. The van der Waals surface area contributed by atoms with Crippen LogP contribution in [0, 0.1) is 0 Å². The van der Waals surface area contributed by atoms with E-state index in [4.69, 9.17) is 9.47 Å². The highest BCUT2D eigenvalue weighted by atomic mass is 16.5. The van der Waals surface area contributed by atoms with Crippen molar-refractivity contribution in [3.63, 3.8) is 0 Å². The van der Waals surface area contributed by atoms with Crippen LogP contribution < -0.4 is 15.7 Å². The van der Waals surface area contributed by atoms with E-state index in [1.807, 2.05) is 0 Å². The van der Waals surface area contributed by atoms with Gasteiger partial charge in [0.25, 0.3) is 11.5 Å². The largest absolute Gasteiger partial charge is 0.497 e. The molecular formula is C25H21N3O5. The molecule has 4 rings (SSSR count). The fourth-order valence-electron chi connectivity index (χ4n) is 3.41. The molecule has 8 nitrogen and oxygen atoms in total. The minimum Gasteiger partial charge on any atom is -0.497 e. The number of hydrogen-bond donors (Lipinski definition) is 1. The Morgan fingerprint density at radius 1 is 0.939 bits per heavy atom. The summed E-state index contributed by atoms with van der Waals surface area (Å²) in [5.41, 5.74) is 3.67. The van der Waals surface area contributed by atoms with Crippen LogP contribution in [0.25, 0.3) is 22.3 Å². The fourth-order valence-corrected chi connectivity index (χ4v) is 3.41. The molecule has 3 aromatic carbocycles. The Labute approximate surface area is 189 Å². The molecule has 1 amide bonds. The topological polar surface area (TPSA) is 99.5 Å². The average molecular weight is 443 g/mol. The highest BCUT2D eigenvalue weighted by Gasteiger charge is 2.26. The molecule has 0 aliphatic carbocycles. The molecule has 0 unspecified atom stereocenters. The Hall–Kier alpha value is -4.46. The van der Waals surface area contributed by atoms with Gasteiger partial charge in [0.15, 0.2) is 5.82 Å². The summed E-state index contributed by atoms with van der Waals surface area (Å²) in [5.74, 6) is -0.454. The second-order valence-corrected chi connectivity index (χ2v) is 7.20. The van der Waals surface area contributed by atoms with Crippen LogP contribution in [-0.4, -0.2) is 28.6 Å². The third kappa shape index (κ3) is 4.59. The summed E-state index contributed by atoms with van der Waals surface area (Å²) in [6.45, 7) is 1.22. The van der Waals surface area contributed by atoms with Crippen molar-refractivity contribution >= 4 is 22.8 Å². The molecule has 0 radical (unpaired) electrons. The second kappa shape index (κ2) is 9.35. The number of esters is 1. The lowest BCUT2D eigenvalue weighted by Crippen LogP contribution is -2.38. The van der Waals surface area contributed by atoms with E-state index in [1.54, 1.807) is 86.0 Å². The molecule has 1 heterocycles. The number of amides is 1. The molecule has 1 aromatic heterocycles. The maximum absolute atomic E-state index is 13.3. The number of carbonyl (C=O) groups excluding carboxylic acids is 2. The van der Waals surface area contributed by atoms with E-state index >= 15 is 0 Å². The number of rotatable bonds is 6. The van der Waals surface area contributed by atoms with Crippen molar-refractivity contribution in [2.75, 3.05) is 12.5 Å². The van der Waals surface area contributed by atoms with E-state index in [9.17, 15) is 14.4 Å². The summed E-state index contributed by atoms with van der Waals surface area (Å²) in [7, 11) is 1.55. The van der Waals surface area contributed by atoms with Gasteiger partial charge < -0.3 is 9.47 Å². The highest BCUT2D eigenvalue weighted by Crippen LogP contribution is 2.23. The average Bonchev–Trinajstić information content (AvgIpc) is 2.84. The van der Waals surface area contributed by atoms with Gasteiger partial charge in [-0.25, -0.2) is 4.98 Å². The summed E-state index contributed by atoms with van der Waals surface area (Å²) in [4.78, 5) is 42.9. The molecular weight excluding hydrogens is 422 g/mol. The van der Waals surface area contributed by atoms with Crippen LogP contribution in [0.4, 0.5) is 0 Å². The Morgan fingerprint density at radius 2 is 1.61 bits per heavy atom. The monoisotopic (exact) mass is 443 g/mol. The maximum atomic E-state index is 13.3. The number of nitrogens with zero attached hydrogens (tertiary/aromatic N) is 2. The van der Waals surface area contributed by atoms with Gasteiger partial charge in [0.2, 0.25) is 6.10 Å². The lowest BCUT2D eigenvalue weighted by molar-refractivity contribution is -0.152. The fraction of sp³-hybridized carbons (Fsp3) is 0.120. The molecule has 0 spiro atoms. The van der Waals surface area contributed by atoms with Crippen molar-refractivity contribution in [1.82, 2.24) is 9.66 Å². The highest BCUT2D eigenvalue weighted by molar-refractivity contribution is 5.91. The summed E-state index contributed by atoms with van der Waals surface area (Å²) in [6, 6.07) is 22.4. The number of benzene rings is 3. The zero-order valence-corrected chi connectivity index (χ0v) is 18.0. The van der Waals surface area contributed by atoms with Gasteiger partial charge in [-0.05, 0) is 36.4 Å². The van der Waals surface area contributed by atoms with E-state index in [0.29, 0.717) is 27.8 Å². The van der Waals surface area contributed by atoms with Crippen molar-refractivity contribution in [2.45, 2.75) is 13.0 Å². The lowest BCUT2D eigenvalue weighted by atomic mass is 10.1. The van der Waals surface area contributed by atoms with Gasteiger partial charge in [-0.1, -0.05) is 42.5 Å². The summed E-state index contributed by atoms with van der Waals surface area (Å²) < 4.78 is 11.5. The van der Waals surface area contributed by atoms with Gasteiger partial charge in [-0.2, -0.15) is 4.68 Å². The molecule has 8 heteroatoms. The van der Waals surface area contributed by atoms with Crippen molar-refractivity contribution in [2.24, 2.45) is 0 Å². The quantitative estimate of drug-likeness (QED) is 0.458. The van der Waals surface area contributed by atoms with Crippen LogP contribution in [0.15, 0.2) is 83.7 Å². The van der Waals surface area contributed by atoms with Crippen LogP contribution >= 0.6 is 0 Å². The van der Waals surface area contributed by atoms with Crippen LogP contribution in [0.3, 0.4) is 0 Å². The summed E-state index contributed by atoms with van der Waals surface area (Å²) in [6.07, 6.45) is -1.24. The SMILES string of the molecule is COc1ccc(-c2nc3ccccc3c(=O)n2NC(=O)[C@H](OC(C)=O)c2ccccc2)cc1. The van der Waals surface area contributed by atoms with E-state index < -0.39 is 23.5 Å². The van der Waals surface area contributed by atoms with Gasteiger partial charge in [0.05, 0.1) is 18.0 Å². The Kier molecular flexibility index (Phi) is 6.17. The smallest absolute Gasteiger partial charge is 0.303 e. The molecule has 0 fully saturated rings. The summed E-state index contributed by atoms with van der Waals surface area (Å²) >= 11 is 0. The normalized spacial score (nSPS) is 11.6. The Bertz CT molecular complexity index is 1360. The number of fused-ring (bicyclic) bond motifs is 1. The van der Waals surface area contributed by atoms with Crippen molar-refractivity contribution < 1.29 is 19.1 Å².